The minimum absolute atomic E-state index is 0. The fourth-order valence-electron chi connectivity index (χ4n) is 2.18. The van der Waals surface area contributed by atoms with Crippen LogP contribution < -0.4 is 61.8 Å². The first-order chi connectivity index (χ1) is 12.1. The molecule has 1 N–H and O–H groups in total. The van der Waals surface area contributed by atoms with Crippen LogP contribution in [0.5, 0.6) is 0 Å². The Balaban J connectivity index is 0.00000364. The smallest absolute Gasteiger partial charge is 0.548 e. The molecule has 1 aromatic heterocycles. The van der Waals surface area contributed by atoms with Crippen molar-refractivity contribution >= 4 is 17.8 Å². The number of anilines is 1. The fraction of sp³-hybridized carbons (Fsp3) is 0.235. The van der Waals surface area contributed by atoms with Crippen LogP contribution in [0.15, 0.2) is 42.5 Å². The van der Waals surface area contributed by atoms with Crippen molar-refractivity contribution in [3.63, 3.8) is 0 Å². The second-order valence-electron chi connectivity index (χ2n) is 5.52. The average Bonchev–Trinajstić information content (AvgIpc) is 2.53. The van der Waals surface area contributed by atoms with Gasteiger partial charge in [0.1, 0.15) is 5.82 Å². The SMILES string of the molecule is Cc1cccc(NC(=O)N(CC(=O)[O-])Cc2ccc(C(F)(F)F)cc2)n1.[K+]. The summed E-state index contributed by atoms with van der Waals surface area (Å²) in [5, 5.41) is 13.3. The van der Waals surface area contributed by atoms with E-state index in [1.807, 2.05) is 0 Å². The second-order valence-corrected chi connectivity index (χ2v) is 5.52. The number of amides is 2. The number of hydrogen-bond acceptors (Lipinski definition) is 4. The molecule has 0 bridgehead atoms. The number of nitrogens with zero attached hydrogens (tertiary/aromatic N) is 2. The van der Waals surface area contributed by atoms with Gasteiger partial charge in [0.05, 0.1) is 18.1 Å². The summed E-state index contributed by atoms with van der Waals surface area (Å²) in [7, 11) is 0. The number of carbonyl (C=O) groups excluding carboxylic acids is 2. The van der Waals surface area contributed by atoms with Gasteiger partial charge in [-0.2, -0.15) is 13.2 Å². The standard InChI is InChI=1S/C17H16F3N3O3.K/c1-11-3-2-4-14(21-11)22-16(26)23(10-15(24)25)9-12-5-7-13(8-6-12)17(18,19)20;/h2-8H,9-10H2,1H3,(H,24,25)(H,21,22,26);/q;+1/p-1. The summed E-state index contributed by atoms with van der Waals surface area (Å²) >= 11 is 0. The molecule has 0 aliphatic heterocycles. The minimum Gasteiger partial charge on any atom is -0.548 e. The number of urea groups is 1. The topological polar surface area (TPSA) is 85.4 Å². The summed E-state index contributed by atoms with van der Waals surface area (Å²) in [6.07, 6.45) is -4.47. The molecule has 2 rings (SSSR count). The number of carboxylic acids is 1. The van der Waals surface area contributed by atoms with Crippen LogP contribution in [0.25, 0.3) is 0 Å². The van der Waals surface area contributed by atoms with Crippen molar-refractivity contribution in [3.05, 3.63) is 59.3 Å². The first-order valence-electron chi connectivity index (χ1n) is 7.51. The molecule has 10 heteroatoms. The number of aryl methyl sites for hydroxylation is 1. The summed E-state index contributed by atoms with van der Waals surface area (Å²) in [4.78, 5) is 28.2. The molecule has 0 radical (unpaired) electrons. The number of aromatic nitrogens is 1. The van der Waals surface area contributed by atoms with Crippen LogP contribution in [0.2, 0.25) is 0 Å². The van der Waals surface area contributed by atoms with E-state index in [0.29, 0.717) is 11.3 Å². The Morgan fingerprint density at radius 1 is 1.15 bits per heavy atom. The molecule has 1 heterocycles. The molecular weight excluding hydrogens is 390 g/mol. The molecule has 0 fully saturated rings. The summed E-state index contributed by atoms with van der Waals surface area (Å²) in [6, 6.07) is 8.26. The molecule has 0 saturated carbocycles. The van der Waals surface area contributed by atoms with Gasteiger partial charge in [-0.1, -0.05) is 18.2 Å². The third-order valence-corrected chi connectivity index (χ3v) is 3.39. The van der Waals surface area contributed by atoms with E-state index in [1.165, 1.54) is 18.2 Å². The Kier molecular flexibility index (Phi) is 8.89. The van der Waals surface area contributed by atoms with E-state index in [4.69, 9.17) is 0 Å². The number of hydrogen-bond donors (Lipinski definition) is 1. The quantitative estimate of drug-likeness (QED) is 0.660. The fourth-order valence-corrected chi connectivity index (χ4v) is 2.18. The Morgan fingerprint density at radius 2 is 1.78 bits per heavy atom. The zero-order chi connectivity index (χ0) is 19.3. The zero-order valence-corrected chi connectivity index (χ0v) is 17.8. The number of halogens is 3. The van der Waals surface area contributed by atoms with Crippen molar-refractivity contribution < 1.29 is 79.3 Å². The molecule has 6 nitrogen and oxygen atoms in total. The van der Waals surface area contributed by atoms with Gasteiger partial charge in [0, 0.05) is 12.2 Å². The van der Waals surface area contributed by atoms with E-state index in [9.17, 15) is 27.9 Å². The number of carboxylic acid groups (broad SMARTS) is 1. The molecule has 2 aromatic rings. The number of carbonyl (C=O) groups is 2. The summed E-state index contributed by atoms with van der Waals surface area (Å²) in [5.74, 6) is -1.27. The predicted octanol–water partition coefficient (Wildman–Crippen LogP) is -0.803. The van der Waals surface area contributed by atoms with Crippen molar-refractivity contribution in [1.29, 1.82) is 0 Å². The second kappa shape index (κ2) is 10.2. The molecule has 0 aliphatic rings. The van der Waals surface area contributed by atoms with Crippen LogP contribution in [0.4, 0.5) is 23.8 Å². The molecule has 138 valence electrons. The van der Waals surface area contributed by atoms with Crippen molar-refractivity contribution in [2.45, 2.75) is 19.6 Å². The Labute approximate surface area is 196 Å². The Hall–Kier alpha value is -1.46. The van der Waals surface area contributed by atoms with Gasteiger partial charge in [-0.3, -0.25) is 5.32 Å². The van der Waals surface area contributed by atoms with Gasteiger partial charge >= 0.3 is 63.6 Å². The monoisotopic (exact) mass is 405 g/mol. The Bertz CT molecular complexity index is 798. The number of aliphatic carboxylic acids is 1. The molecule has 0 saturated heterocycles. The van der Waals surface area contributed by atoms with Crippen molar-refractivity contribution in [2.75, 3.05) is 11.9 Å². The van der Waals surface area contributed by atoms with E-state index >= 15 is 0 Å². The third kappa shape index (κ3) is 7.58. The minimum atomic E-state index is -4.47. The summed E-state index contributed by atoms with van der Waals surface area (Å²) < 4.78 is 37.8. The molecule has 27 heavy (non-hydrogen) atoms. The molecular formula is C17H15F3KN3O3. The molecule has 0 atom stereocenters. The molecule has 2 amide bonds. The van der Waals surface area contributed by atoms with Crippen LogP contribution in [0.1, 0.15) is 16.8 Å². The van der Waals surface area contributed by atoms with Gasteiger partial charge in [0.2, 0.25) is 0 Å². The van der Waals surface area contributed by atoms with Crippen molar-refractivity contribution in [1.82, 2.24) is 9.88 Å². The van der Waals surface area contributed by atoms with Crippen LogP contribution in [0, 0.1) is 6.92 Å². The first-order valence-corrected chi connectivity index (χ1v) is 7.51. The van der Waals surface area contributed by atoms with E-state index in [-0.39, 0.29) is 63.7 Å². The van der Waals surface area contributed by atoms with Crippen LogP contribution in [-0.4, -0.2) is 28.4 Å². The number of benzene rings is 1. The number of alkyl halides is 3. The maximum Gasteiger partial charge on any atom is 1.00 e. The van der Waals surface area contributed by atoms with E-state index in [2.05, 4.69) is 10.3 Å². The van der Waals surface area contributed by atoms with E-state index < -0.39 is 30.3 Å². The van der Waals surface area contributed by atoms with Gasteiger partial charge in [0.15, 0.2) is 0 Å². The zero-order valence-electron chi connectivity index (χ0n) is 14.7. The van der Waals surface area contributed by atoms with Gasteiger partial charge in [-0.05, 0) is 36.8 Å². The predicted molar refractivity (Wildman–Crippen MR) is 84.9 cm³/mol. The average molecular weight is 405 g/mol. The third-order valence-electron chi connectivity index (χ3n) is 3.39. The van der Waals surface area contributed by atoms with Crippen LogP contribution in [0.3, 0.4) is 0 Å². The maximum absolute atomic E-state index is 12.6. The normalized spacial score (nSPS) is 10.7. The van der Waals surface area contributed by atoms with Gasteiger partial charge in [-0.25, -0.2) is 9.78 Å². The largest absolute Gasteiger partial charge is 1.00 e. The van der Waals surface area contributed by atoms with E-state index in [1.54, 1.807) is 19.1 Å². The Morgan fingerprint density at radius 3 is 2.30 bits per heavy atom. The first kappa shape index (κ1) is 23.6. The molecule has 0 spiro atoms. The molecule has 0 aliphatic carbocycles. The number of pyridine rings is 1. The van der Waals surface area contributed by atoms with Crippen molar-refractivity contribution in [2.24, 2.45) is 0 Å². The van der Waals surface area contributed by atoms with Gasteiger partial charge < -0.3 is 14.8 Å². The summed E-state index contributed by atoms with van der Waals surface area (Å²) in [6.45, 7) is 0.791. The van der Waals surface area contributed by atoms with Gasteiger partial charge in [-0.15, -0.1) is 0 Å². The van der Waals surface area contributed by atoms with Crippen molar-refractivity contribution in [3.8, 4) is 0 Å². The van der Waals surface area contributed by atoms with Crippen LogP contribution in [-0.2, 0) is 17.5 Å². The number of rotatable bonds is 5. The van der Waals surface area contributed by atoms with Crippen LogP contribution >= 0.6 is 0 Å². The summed E-state index contributed by atoms with van der Waals surface area (Å²) in [5.41, 5.74) is 0.157. The maximum atomic E-state index is 12.6. The number of nitrogens with one attached hydrogen (secondary N) is 1. The molecule has 1 aromatic carbocycles. The molecule has 0 unspecified atom stereocenters. The van der Waals surface area contributed by atoms with Gasteiger partial charge in [0.25, 0.3) is 0 Å². The van der Waals surface area contributed by atoms with E-state index in [0.717, 1.165) is 17.0 Å².